The molecule has 0 saturated carbocycles. The summed E-state index contributed by atoms with van der Waals surface area (Å²) >= 11 is 0. The number of rotatable bonds is 2. The number of alkyl halides is 6. The highest BCUT2D eigenvalue weighted by Crippen LogP contribution is 2.30. The van der Waals surface area contributed by atoms with Crippen molar-refractivity contribution in [2.75, 3.05) is 0 Å². The summed E-state index contributed by atoms with van der Waals surface area (Å²) in [6, 6.07) is 33.4. The molecule has 0 radical (unpaired) electrons. The zero-order valence-electron chi connectivity index (χ0n) is 24.0. The molecule has 0 fully saturated rings. The van der Waals surface area contributed by atoms with Crippen molar-refractivity contribution in [2.24, 2.45) is 0 Å². The van der Waals surface area contributed by atoms with Crippen LogP contribution >= 0.6 is 0 Å². The van der Waals surface area contributed by atoms with Crippen LogP contribution in [0.4, 0.5) is 26.3 Å². The molecule has 0 bridgehead atoms. The molecular formula is C40H22F6. The van der Waals surface area contributed by atoms with Crippen LogP contribution < -0.4 is 0 Å². The van der Waals surface area contributed by atoms with Gasteiger partial charge in [0.05, 0.1) is 11.1 Å². The molecule has 0 spiro atoms. The normalized spacial score (nSPS) is 11.7. The maximum atomic E-state index is 12.8. The van der Waals surface area contributed by atoms with E-state index in [9.17, 15) is 26.3 Å². The number of fused-ring (bicyclic) bond motifs is 2. The largest absolute Gasteiger partial charge is 0.416 e. The zero-order chi connectivity index (χ0) is 32.3. The minimum absolute atomic E-state index is 0.507. The highest BCUT2D eigenvalue weighted by molar-refractivity contribution is 5.89. The van der Waals surface area contributed by atoms with Gasteiger partial charge in [-0.1, -0.05) is 72.2 Å². The van der Waals surface area contributed by atoms with Crippen molar-refractivity contribution in [2.45, 2.75) is 12.4 Å². The maximum absolute atomic E-state index is 12.8. The lowest BCUT2D eigenvalue weighted by atomic mass is 10.0. The van der Waals surface area contributed by atoms with Gasteiger partial charge in [-0.25, -0.2) is 0 Å². The number of halogens is 6. The minimum atomic E-state index is -4.37. The fraction of sp³-hybridized carbons (Fsp3) is 0.0500. The monoisotopic (exact) mass is 616 g/mol. The first-order chi connectivity index (χ1) is 22.0. The third kappa shape index (κ3) is 7.32. The molecule has 46 heavy (non-hydrogen) atoms. The second-order valence-electron chi connectivity index (χ2n) is 10.6. The van der Waals surface area contributed by atoms with Gasteiger partial charge in [0.25, 0.3) is 0 Å². The predicted octanol–water partition coefficient (Wildman–Crippen LogP) is 11.0. The van der Waals surface area contributed by atoms with Crippen LogP contribution in [0.1, 0.15) is 44.5 Å². The SMILES string of the molecule is FC(F)(F)c1ccc(C#Cc2ccc3cc(/C=C/c4ccc5cc(C#Cc6ccc(C(F)(F)F)cc6)ccc5c4)ccc3c2)cc1. The molecular weight excluding hydrogens is 594 g/mol. The molecule has 6 aromatic carbocycles. The van der Waals surface area contributed by atoms with E-state index in [0.29, 0.717) is 11.1 Å². The lowest BCUT2D eigenvalue weighted by molar-refractivity contribution is -0.138. The summed E-state index contributed by atoms with van der Waals surface area (Å²) in [7, 11) is 0. The molecule has 6 aromatic rings. The van der Waals surface area contributed by atoms with Crippen molar-refractivity contribution >= 4 is 33.7 Å². The molecule has 6 rings (SSSR count). The van der Waals surface area contributed by atoms with Crippen LogP contribution in [0.2, 0.25) is 0 Å². The van der Waals surface area contributed by atoms with Gasteiger partial charge in [0.2, 0.25) is 0 Å². The maximum Gasteiger partial charge on any atom is 0.416 e. The van der Waals surface area contributed by atoms with E-state index in [1.165, 1.54) is 24.3 Å². The second kappa shape index (κ2) is 12.3. The van der Waals surface area contributed by atoms with E-state index in [4.69, 9.17) is 0 Å². The Morgan fingerprint density at radius 1 is 0.348 bits per heavy atom. The summed E-state index contributed by atoms with van der Waals surface area (Å²) in [6.07, 6.45) is -4.69. The smallest absolute Gasteiger partial charge is 0.166 e. The van der Waals surface area contributed by atoms with E-state index in [2.05, 4.69) is 35.8 Å². The van der Waals surface area contributed by atoms with Gasteiger partial charge < -0.3 is 0 Å². The van der Waals surface area contributed by atoms with Crippen LogP contribution in [-0.4, -0.2) is 0 Å². The fourth-order valence-electron chi connectivity index (χ4n) is 4.86. The Morgan fingerprint density at radius 3 is 1.02 bits per heavy atom. The number of hydrogen-bond donors (Lipinski definition) is 0. The quantitative estimate of drug-likeness (QED) is 0.103. The molecule has 0 aliphatic rings. The molecule has 0 heterocycles. The summed E-state index contributed by atoms with van der Waals surface area (Å²) < 4.78 is 76.7. The third-order valence-corrected chi connectivity index (χ3v) is 7.32. The Hall–Kier alpha value is -5.72. The lowest BCUT2D eigenvalue weighted by Crippen LogP contribution is -2.04. The van der Waals surface area contributed by atoms with Crippen LogP contribution in [0, 0.1) is 23.7 Å². The molecule has 0 amide bonds. The third-order valence-electron chi connectivity index (χ3n) is 7.32. The van der Waals surface area contributed by atoms with Gasteiger partial charge in [0.15, 0.2) is 0 Å². The van der Waals surface area contributed by atoms with Crippen LogP contribution in [0.25, 0.3) is 33.7 Å². The van der Waals surface area contributed by atoms with E-state index in [1.807, 2.05) is 72.8 Å². The molecule has 0 atom stereocenters. The van der Waals surface area contributed by atoms with Crippen molar-refractivity contribution in [1.29, 1.82) is 0 Å². The first kappa shape index (κ1) is 30.3. The van der Waals surface area contributed by atoms with Crippen molar-refractivity contribution in [3.8, 4) is 23.7 Å². The molecule has 224 valence electrons. The number of benzene rings is 6. The molecule has 0 N–H and O–H groups in total. The first-order valence-corrected chi connectivity index (χ1v) is 14.1. The van der Waals surface area contributed by atoms with E-state index in [0.717, 1.165) is 68.1 Å². The predicted molar refractivity (Wildman–Crippen MR) is 172 cm³/mol. The fourth-order valence-corrected chi connectivity index (χ4v) is 4.86. The average molecular weight is 617 g/mol. The molecule has 0 aromatic heterocycles. The topological polar surface area (TPSA) is 0 Å². The van der Waals surface area contributed by atoms with Crippen LogP contribution in [-0.2, 0) is 12.4 Å². The van der Waals surface area contributed by atoms with Gasteiger partial charge in [-0.15, -0.1) is 0 Å². The summed E-state index contributed by atoms with van der Waals surface area (Å²) in [5.41, 5.74) is 3.18. The van der Waals surface area contributed by atoms with Crippen LogP contribution in [0.3, 0.4) is 0 Å². The zero-order valence-corrected chi connectivity index (χ0v) is 24.0. The van der Waals surface area contributed by atoms with Gasteiger partial charge in [0.1, 0.15) is 0 Å². The van der Waals surface area contributed by atoms with Crippen molar-refractivity contribution in [3.05, 3.63) is 166 Å². The van der Waals surface area contributed by atoms with Crippen molar-refractivity contribution in [3.63, 3.8) is 0 Å². The molecule has 6 heteroatoms. The number of hydrogen-bond acceptors (Lipinski definition) is 0. The minimum Gasteiger partial charge on any atom is -0.166 e. The van der Waals surface area contributed by atoms with Crippen molar-refractivity contribution < 1.29 is 26.3 Å². The van der Waals surface area contributed by atoms with Gasteiger partial charge in [0, 0.05) is 22.3 Å². The lowest BCUT2D eigenvalue weighted by Gasteiger charge is -2.05. The van der Waals surface area contributed by atoms with E-state index >= 15 is 0 Å². The van der Waals surface area contributed by atoms with E-state index in [-0.39, 0.29) is 0 Å². The molecule has 0 aliphatic carbocycles. The van der Waals surface area contributed by atoms with E-state index in [1.54, 1.807) is 0 Å². The van der Waals surface area contributed by atoms with Crippen molar-refractivity contribution in [1.82, 2.24) is 0 Å². The summed E-state index contributed by atoms with van der Waals surface area (Å²) in [4.78, 5) is 0. The Morgan fingerprint density at radius 2 is 0.652 bits per heavy atom. The molecule has 0 saturated heterocycles. The van der Waals surface area contributed by atoms with Gasteiger partial charge in [-0.05, 0) is 118 Å². The molecule has 0 unspecified atom stereocenters. The molecule has 0 nitrogen and oxygen atoms in total. The summed E-state index contributed by atoms with van der Waals surface area (Å²) in [6.45, 7) is 0. The summed E-state index contributed by atoms with van der Waals surface area (Å²) in [5, 5.41) is 4.06. The molecule has 0 aliphatic heterocycles. The Kier molecular flexibility index (Phi) is 8.14. The van der Waals surface area contributed by atoms with Gasteiger partial charge in [-0.2, -0.15) is 26.3 Å². The van der Waals surface area contributed by atoms with Gasteiger partial charge >= 0.3 is 12.4 Å². The van der Waals surface area contributed by atoms with E-state index < -0.39 is 23.5 Å². The average Bonchev–Trinajstić information content (AvgIpc) is 3.04. The Bertz CT molecular complexity index is 2050. The first-order valence-electron chi connectivity index (χ1n) is 14.1. The highest BCUT2D eigenvalue weighted by Gasteiger charge is 2.30. The van der Waals surface area contributed by atoms with Gasteiger partial charge in [-0.3, -0.25) is 0 Å². The van der Waals surface area contributed by atoms with Crippen LogP contribution in [0.5, 0.6) is 0 Å². The Labute approximate surface area is 261 Å². The standard InChI is InChI=1S/C40H22F6/c41-39(42,43)37-19-11-27(12-20-37)1-3-29-7-15-35-25-31(9-17-33(35)23-29)5-6-32-10-18-34-24-30(8-16-36(34)26-32)4-2-28-13-21-38(22-14-28)40(44,45)46/h5-26H/b6-5+. The summed E-state index contributed by atoms with van der Waals surface area (Å²) in [5.74, 6) is 11.9. The van der Waals surface area contributed by atoms with Crippen LogP contribution in [0.15, 0.2) is 121 Å². The highest BCUT2D eigenvalue weighted by atomic mass is 19.4. The second-order valence-corrected chi connectivity index (χ2v) is 10.6. The Balaban J connectivity index is 1.13.